The van der Waals surface area contributed by atoms with Gasteiger partial charge in [-0.2, -0.15) is 0 Å². The second-order valence-electron chi connectivity index (χ2n) is 7.53. The van der Waals surface area contributed by atoms with Gasteiger partial charge in [0.25, 0.3) is 0 Å². The van der Waals surface area contributed by atoms with Crippen molar-refractivity contribution in [3.8, 4) is 5.75 Å². The summed E-state index contributed by atoms with van der Waals surface area (Å²) in [5.74, 6) is 0.658. The van der Waals surface area contributed by atoms with Crippen LogP contribution in [0, 0.1) is 13.8 Å². The van der Waals surface area contributed by atoms with Crippen LogP contribution in [0.3, 0.4) is 0 Å². The summed E-state index contributed by atoms with van der Waals surface area (Å²) in [5, 5.41) is 1.98. The minimum atomic E-state index is -1.70. The van der Waals surface area contributed by atoms with Crippen molar-refractivity contribution < 1.29 is 12.9 Å². The van der Waals surface area contributed by atoms with Gasteiger partial charge in [0.2, 0.25) is 0 Å². The predicted octanol–water partition coefficient (Wildman–Crippen LogP) is 8.50. The van der Waals surface area contributed by atoms with Crippen molar-refractivity contribution in [1.82, 2.24) is 0 Å². The average molecular weight is 439 g/mol. The highest BCUT2D eigenvalue weighted by atomic mass is 31.1. The standard InChI is InChI=1S/C27H22NO3P/c1-19-10-9-11-20(2)27(19)28-18-21-12-3-6-15-24(21)29-32-30-25-16-7-4-13-22(25)23-14-5-8-17-26(23)31-32/h3-18H,1-2H3. The molecule has 158 valence electrons. The quantitative estimate of drug-likeness (QED) is 0.264. The van der Waals surface area contributed by atoms with Crippen molar-refractivity contribution in [3.63, 3.8) is 0 Å². The van der Waals surface area contributed by atoms with Crippen molar-refractivity contribution in [3.05, 3.63) is 108 Å². The Morgan fingerprint density at radius 3 is 1.91 bits per heavy atom. The van der Waals surface area contributed by atoms with Crippen LogP contribution in [0.25, 0.3) is 21.9 Å². The minimum Gasteiger partial charge on any atom is -0.390 e. The molecule has 0 bridgehead atoms. The molecular formula is C27H22NO3P. The molecule has 0 fully saturated rings. The van der Waals surface area contributed by atoms with Crippen LogP contribution in [0.5, 0.6) is 5.75 Å². The highest BCUT2D eigenvalue weighted by Gasteiger charge is 2.10. The summed E-state index contributed by atoms with van der Waals surface area (Å²) in [7, 11) is -1.70. The molecule has 4 aromatic carbocycles. The van der Waals surface area contributed by atoms with Crippen molar-refractivity contribution >= 4 is 42.1 Å². The fourth-order valence-corrected chi connectivity index (χ4v) is 4.73. The fourth-order valence-electron chi connectivity index (χ4n) is 3.65. The lowest BCUT2D eigenvalue weighted by atomic mass is 10.1. The molecule has 1 heterocycles. The van der Waals surface area contributed by atoms with E-state index in [0.717, 1.165) is 44.3 Å². The average Bonchev–Trinajstić information content (AvgIpc) is 2.96. The van der Waals surface area contributed by atoms with Crippen LogP contribution < -0.4 is 4.52 Å². The van der Waals surface area contributed by atoms with E-state index in [4.69, 9.17) is 17.9 Å². The van der Waals surface area contributed by atoms with Crippen molar-refractivity contribution in [2.75, 3.05) is 0 Å². The number of nitrogens with zero attached hydrogens (tertiary/aromatic N) is 1. The third kappa shape index (κ3) is 4.05. The van der Waals surface area contributed by atoms with E-state index in [0.29, 0.717) is 5.75 Å². The number of aryl methyl sites for hydroxylation is 2. The van der Waals surface area contributed by atoms with Gasteiger partial charge in [0, 0.05) is 22.6 Å². The summed E-state index contributed by atoms with van der Waals surface area (Å²) < 4.78 is 18.6. The summed E-state index contributed by atoms with van der Waals surface area (Å²) in [6, 6.07) is 29.8. The Balaban J connectivity index is 1.59. The zero-order chi connectivity index (χ0) is 21.9. The lowest BCUT2D eigenvalue weighted by Crippen LogP contribution is -1.88. The number of hydrogen-bond donors (Lipinski definition) is 0. The molecule has 0 saturated carbocycles. The van der Waals surface area contributed by atoms with Crippen LogP contribution in [0.2, 0.25) is 0 Å². The third-order valence-corrected chi connectivity index (χ3v) is 6.31. The number of benzene rings is 4. The van der Waals surface area contributed by atoms with E-state index in [1.165, 1.54) is 0 Å². The molecule has 0 amide bonds. The van der Waals surface area contributed by atoms with E-state index in [-0.39, 0.29) is 0 Å². The number of aliphatic imine (C=N–C) groups is 1. The first kappa shape index (κ1) is 20.2. The smallest absolute Gasteiger partial charge is 0.390 e. The molecule has 5 aromatic rings. The van der Waals surface area contributed by atoms with Crippen molar-refractivity contribution in [2.24, 2.45) is 4.99 Å². The number of fused-ring (bicyclic) bond motifs is 3. The fraction of sp³-hybridized carbons (Fsp3) is 0.0741. The van der Waals surface area contributed by atoms with Crippen LogP contribution >= 0.6 is 8.24 Å². The molecule has 0 aliphatic carbocycles. The van der Waals surface area contributed by atoms with Gasteiger partial charge in [-0.25, -0.2) is 0 Å². The van der Waals surface area contributed by atoms with Gasteiger partial charge in [-0.3, -0.25) is 4.99 Å². The minimum absolute atomic E-state index is 0.658. The highest BCUT2D eigenvalue weighted by Crippen LogP contribution is 2.37. The maximum Gasteiger partial charge on any atom is 0.453 e. The van der Waals surface area contributed by atoms with Crippen molar-refractivity contribution in [1.29, 1.82) is 0 Å². The molecule has 0 saturated heterocycles. The number of hydrogen-bond acceptors (Lipinski definition) is 4. The Morgan fingerprint density at radius 1 is 0.688 bits per heavy atom. The normalized spacial score (nSPS) is 11.3. The van der Waals surface area contributed by atoms with Gasteiger partial charge in [-0.05, 0) is 49.2 Å². The van der Waals surface area contributed by atoms with Crippen molar-refractivity contribution in [2.45, 2.75) is 13.8 Å². The maximum absolute atomic E-state index is 6.26. The molecule has 32 heavy (non-hydrogen) atoms. The zero-order valence-electron chi connectivity index (χ0n) is 17.9. The summed E-state index contributed by atoms with van der Waals surface area (Å²) in [5.41, 5.74) is 5.57. The second-order valence-corrected chi connectivity index (χ2v) is 8.52. The monoisotopic (exact) mass is 439 g/mol. The molecule has 0 N–H and O–H groups in total. The van der Waals surface area contributed by atoms with Gasteiger partial charge in [0.05, 0.1) is 5.69 Å². The highest BCUT2D eigenvalue weighted by molar-refractivity contribution is 7.32. The van der Waals surface area contributed by atoms with E-state index in [1.807, 2.05) is 85.1 Å². The third-order valence-electron chi connectivity index (χ3n) is 5.27. The topological polar surface area (TPSA) is 47.9 Å². The van der Waals surface area contributed by atoms with E-state index < -0.39 is 8.24 Å². The number of rotatable bonds is 4. The molecule has 0 aliphatic rings. The van der Waals surface area contributed by atoms with Crippen LogP contribution in [-0.2, 0) is 0 Å². The van der Waals surface area contributed by atoms with Gasteiger partial charge in [0.15, 0.2) is 0 Å². The summed E-state index contributed by atoms with van der Waals surface area (Å²) in [4.78, 5) is 4.74. The lowest BCUT2D eigenvalue weighted by molar-refractivity contribution is 0.498. The predicted molar refractivity (Wildman–Crippen MR) is 132 cm³/mol. The van der Waals surface area contributed by atoms with Crippen LogP contribution in [0.15, 0.2) is 104 Å². The lowest BCUT2D eigenvalue weighted by Gasteiger charge is -2.06. The van der Waals surface area contributed by atoms with Gasteiger partial charge in [0.1, 0.15) is 16.9 Å². The van der Waals surface area contributed by atoms with E-state index in [1.54, 1.807) is 0 Å². The molecular weight excluding hydrogens is 417 g/mol. The zero-order valence-corrected chi connectivity index (χ0v) is 18.8. The number of para-hydroxylation sites is 4. The van der Waals surface area contributed by atoms with E-state index in [9.17, 15) is 0 Å². The Bertz CT molecular complexity index is 1410. The maximum atomic E-state index is 6.26. The van der Waals surface area contributed by atoms with Crippen LogP contribution in [0.1, 0.15) is 16.7 Å². The molecule has 5 rings (SSSR count). The Kier molecular flexibility index (Phi) is 5.53. The van der Waals surface area contributed by atoms with E-state index in [2.05, 4.69) is 26.0 Å². The van der Waals surface area contributed by atoms with E-state index >= 15 is 0 Å². The molecule has 0 spiro atoms. The first-order chi connectivity index (χ1) is 15.7. The van der Waals surface area contributed by atoms with Crippen LogP contribution in [-0.4, -0.2) is 6.21 Å². The first-order valence-corrected chi connectivity index (χ1v) is 11.5. The summed E-state index contributed by atoms with van der Waals surface area (Å²) >= 11 is 0. The molecule has 0 unspecified atom stereocenters. The Hall–Kier alpha value is -3.75. The van der Waals surface area contributed by atoms with Gasteiger partial charge >= 0.3 is 8.24 Å². The molecule has 0 radical (unpaired) electrons. The SMILES string of the molecule is Cc1cccc(C)c1N=Cc1ccccc1Op1oc2ccccc2c2ccccc2o1. The second kappa shape index (κ2) is 8.78. The van der Waals surface area contributed by atoms with Gasteiger partial charge in [-0.15, -0.1) is 0 Å². The molecule has 0 atom stereocenters. The molecule has 0 aliphatic heterocycles. The molecule has 1 aromatic heterocycles. The summed E-state index contributed by atoms with van der Waals surface area (Å²) in [6.45, 7) is 4.13. The Morgan fingerprint density at radius 2 is 1.25 bits per heavy atom. The van der Waals surface area contributed by atoms with Crippen LogP contribution in [0.4, 0.5) is 5.69 Å². The van der Waals surface area contributed by atoms with Gasteiger partial charge < -0.3 is 12.9 Å². The summed E-state index contributed by atoms with van der Waals surface area (Å²) in [6.07, 6.45) is 1.83. The largest absolute Gasteiger partial charge is 0.453 e. The molecule has 4 nitrogen and oxygen atoms in total. The Labute approximate surface area is 187 Å². The first-order valence-electron chi connectivity index (χ1n) is 10.4. The molecule has 5 heteroatoms. The van der Waals surface area contributed by atoms with Gasteiger partial charge in [-0.1, -0.05) is 66.7 Å².